The first kappa shape index (κ1) is 16.0. The fourth-order valence-corrected chi connectivity index (χ4v) is 3.56. The Hall–Kier alpha value is -2.47. The van der Waals surface area contributed by atoms with Crippen molar-refractivity contribution >= 4 is 5.91 Å². The van der Waals surface area contributed by atoms with Crippen molar-refractivity contribution in [2.24, 2.45) is 0 Å². The van der Waals surface area contributed by atoms with E-state index >= 15 is 0 Å². The Balaban J connectivity index is 1.56. The van der Waals surface area contributed by atoms with Crippen LogP contribution in [0.25, 0.3) is 0 Å². The summed E-state index contributed by atoms with van der Waals surface area (Å²) < 4.78 is 18.8. The van der Waals surface area contributed by atoms with Crippen molar-refractivity contribution in [2.45, 2.75) is 25.4 Å². The zero-order chi connectivity index (χ0) is 17.4. The van der Waals surface area contributed by atoms with Crippen LogP contribution in [0.2, 0.25) is 0 Å². The van der Waals surface area contributed by atoms with Crippen molar-refractivity contribution in [3.05, 3.63) is 68.9 Å². The number of nitrogens with zero attached hydrogens (tertiary/aromatic N) is 1. The van der Waals surface area contributed by atoms with E-state index in [2.05, 4.69) is 4.98 Å². The van der Waals surface area contributed by atoms with Gasteiger partial charge in [0.15, 0.2) is 0 Å². The maximum Gasteiger partial charge on any atom is 0.261 e. The molecule has 1 aliphatic heterocycles. The Kier molecular flexibility index (Phi) is 4.13. The van der Waals surface area contributed by atoms with E-state index in [0.717, 1.165) is 36.1 Å². The first-order valence-corrected chi connectivity index (χ1v) is 8.53. The molecule has 0 bridgehead atoms. The van der Waals surface area contributed by atoms with Gasteiger partial charge in [-0.1, -0.05) is 12.1 Å². The molecule has 1 N–H and O–H groups in total. The van der Waals surface area contributed by atoms with Gasteiger partial charge in [-0.25, -0.2) is 4.39 Å². The molecular weight excluding hydrogens is 323 g/mol. The third-order valence-corrected chi connectivity index (χ3v) is 4.91. The van der Waals surface area contributed by atoms with Crippen LogP contribution in [0.1, 0.15) is 39.7 Å². The van der Waals surface area contributed by atoms with E-state index in [4.69, 9.17) is 4.74 Å². The van der Waals surface area contributed by atoms with E-state index in [9.17, 15) is 14.0 Å². The Morgan fingerprint density at radius 2 is 2.04 bits per heavy atom. The third kappa shape index (κ3) is 3.09. The van der Waals surface area contributed by atoms with E-state index in [1.807, 2.05) is 0 Å². The highest BCUT2D eigenvalue weighted by Gasteiger charge is 2.28. The number of aryl methyl sites for hydroxylation is 2. The number of carbonyl (C=O) groups excluding carboxylic acids is 1. The zero-order valence-electron chi connectivity index (χ0n) is 13.8. The standard InChI is InChI=1S/C19H19FN2O3/c20-14-6-4-12(5-7-14)17-11-22(8-9-25-17)19(24)15-10-13-2-1-3-16(13)21-18(15)23/h4-7,10,17H,1-3,8-9,11H2,(H,21,23)/t17-/m0/s1. The van der Waals surface area contributed by atoms with Crippen LogP contribution in [0.15, 0.2) is 35.1 Å². The van der Waals surface area contributed by atoms with Gasteiger partial charge >= 0.3 is 0 Å². The highest BCUT2D eigenvalue weighted by atomic mass is 19.1. The van der Waals surface area contributed by atoms with Crippen molar-refractivity contribution < 1.29 is 13.9 Å². The summed E-state index contributed by atoms with van der Waals surface area (Å²) in [6, 6.07) is 7.83. The van der Waals surface area contributed by atoms with E-state index in [-0.39, 0.29) is 29.0 Å². The number of nitrogens with one attached hydrogen (secondary N) is 1. The largest absolute Gasteiger partial charge is 0.370 e. The van der Waals surface area contributed by atoms with Gasteiger partial charge in [0, 0.05) is 12.2 Å². The number of pyridine rings is 1. The predicted octanol–water partition coefficient (Wildman–Crippen LogP) is 2.22. The second kappa shape index (κ2) is 6.44. The van der Waals surface area contributed by atoms with Crippen molar-refractivity contribution in [3.8, 4) is 0 Å². The summed E-state index contributed by atoms with van der Waals surface area (Å²) in [6.45, 7) is 1.17. The molecule has 0 radical (unpaired) electrons. The molecule has 4 rings (SSSR count). The van der Waals surface area contributed by atoms with Gasteiger partial charge in [0.25, 0.3) is 11.5 Å². The molecule has 1 aliphatic carbocycles. The Morgan fingerprint density at radius 3 is 2.84 bits per heavy atom. The molecule has 5 nitrogen and oxygen atoms in total. The van der Waals surface area contributed by atoms with Gasteiger partial charge in [0.2, 0.25) is 0 Å². The maximum absolute atomic E-state index is 13.1. The lowest BCUT2D eigenvalue weighted by molar-refractivity contribution is -0.0229. The average molecular weight is 342 g/mol. The molecule has 0 spiro atoms. The number of rotatable bonds is 2. The number of H-pyrrole nitrogens is 1. The number of morpholine rings is 1. The summed E-state index contributed by atoms with van der Waals surface area (Å²) in [5.74, 6) is -0.580. The molecule has 2 aliphatic rings. The molecule has 0 unspecified atom stereocenters. The summed E-state index contributed by atoms with van der Waals surface area (Å²) in [5, 5.41) is 0. The molecular formula is C19H19FN2O3. The quantitative estimate of drug-likeness (QED) is 0.910. The van der Waals surface area contributed by atoms with Crippen LogP contribution in [-0.2, 0) is 17.6 Å². The number of amides is 1. The van der Waals surface area contributed by atoms with E-state index in [0.29, 0.717) is 19.7 Å². The van der Waals surface area contributed by atoms with Crippen LogP contribution in [0.3, 0.4) is 0 Å². The number of ether oxygens (including phenoxy) is 1. The van der Waals surface area contributed by atoms with Gasteiger partial charge in [-0.2, -0.15) is 0 Å². The lowest BCUT2D eigenvalue weighted by atomic mass is 10.1. The molecule has 1 aromatic heterocycles. The lowest BCUT2D eigenvalue weighted by Crippen LogP contribution is -2.44. The molecule has 130 valence electrons. The Labute approximate surface area is 144 Å². The molecule has 25 heavy (non-hydrogen) atoms. The van der Waals surface area contributed by atoms with E-state index in [1.54, 1.807) is 23.1 Å². The van der Waals surface area contributed by atoms with Crippen LogP contribution in [0.5, 0.6) is 0 Å². The highest BCUT2D eigenvalue weighted by Crippen LogP contribution is 2.24. The van der Waals surface area contributed by atoms with E-state index < -0.39 is 0 Å². The molecule has 0 saturated carbocycles. The molecule has 1 fully saturated rings. The fraction of sp³-hybridized carbons (Fsp3) is 0.368. The minimum Gasteiger partial charge on any atom is -0.370 e. The van der Waals surface area contributed by atoms with Crippen LogP contribution >= 0.6 is 0 Å². The Morgan fingerprint density at radius 1 is 1.24 bits per heavy atom. The molecule has 2 aromatic rings. The third-order valence-electron chi connectivity index (χ3n) is 4.91. The van der Waals surface area contributed by atoms with Crippen molar-refractivity contribution in [2.75, 3.05) is 19.7 Å². The highest BCUT2D eigenvalue weighted by molar-refractivity contribution is 5.94. The molecule has 2 heterocycles. The van der Waals surface area contributed by atoms with Gasteiger partial charge in [-0.05, 0) is 48.6 Å². The minimum absolute atomic E-state index is 0.195. The summed E-state index contributed by atoms with van der Waals surface area (Å²) in [7, 11) is 0. The van der Waals surface area contributed by atoms with Crippen LogP contribution < -0.4 is 5.56 Å². The van der Waals surface area contributed by atoms with Crippen molar-refractivity contribution in [1.29, 1.82) is 0 Å². The second-order valence-corrected chi connectivity index (χ2v) is 6.53. The minimum atomic E-state index is -0.324. The van der Waals surface area contributed by atoms with Gasteiger partial charge < -0.3 is 14.6 Å². The number of benzene rings is 1. The number of carbonyl (C=O) groups is 1. The fourth-order valence-electron chi connectivity index (χ4n) is 3.56. The first-order valence-electron chi connectivity index (χ1n) is 8.53. The van der Waals surface area contributed by atoms with Crippen LogP contribution in [0.4, 0.5) is 4.39 Å². The number of aromatic nitrogens is 1. The summed E-state index contributed by atoms with van der Waals surface area (Å²) in [6.07, 6.45) is 2.45. The first-order chi connectivity index (χ1) is 12.1. The van der Waals surface area contributed by atoms with Gasteiger partial charge in [0.05, 0.1) is 13.2 Å². The van der Waals surface area contributed by atoms with Crippen molar-refractivity contribution in [3.63, 3.8) is 0 Å². The Bertz CT molecular complexity index is 860. The monoisotopic (exact) mass is 342 g/mol. The molecule has 1 aromatic carbocycles. The topological polar surface area (TPSA) is 62.4 Å². The zero-order valence-corrected chi connectivity index (χ0v) is 13.8. The summed E-state index contributed by atoms with van der Waals surface area (Å²) >= 11 is 0. The molecule has 6 heteroatoms. The normalized spacial score (nSPS) is 19.7. The number of aromatic amines is 1. The molecule has 1 atom stereocenters. The summed E-state index contributed by atoms with van der Waals surface area (Å²) in [5.41, 5.74) is 2.71. The average Bonchev–Trinajstić information content (AvgIpc) is 3.08. The summed E-state index contributed by atoms with van der Waals surface area (Å²) in [4.78, 5) is 29.6. The predicted molar refractivity (Wildman–Crippen MR) is 90.1 cm³/mol. The van der Waals surface area contributed by atoms with Gasteiger partial charge in [-0.3, -0.25) is 9.59 Å². The van der Waals surface area contributed by atoms with Crippen LogP contribution in [-0.4, -0.2) is 35.5 Å². The van der Waals surface area contributed by atoms with Gasteiger partial charge in [-0.15, -0.1) is 0 Å². The number of hydrogen-bond donors (Lipinski definition) is 1. The SMILES string of the molecule is O=C(c1cc2c([nH]c1=O)CCC2)N1CCO[C@H](c2ccc(F)cc2)C1. The van der Waals surface area contributed by atoms with E-state index in [1.165, 1.54) is 12.1 Å². The maximum atomic E-state index is 13.1. The molecule has 1 saturated heterocycles. The smallest absolute Gasteiger partial charge is 0.261 e. The number of fused-ring (bicyclic) bond motifs is 1. The van der Waals surface area contributed by atoms with Crippen molar-refractivity contribution in [1.82, 2.24) is 9.88 Å². The number of hydrogen-bond acceptors (Lipinski definition) is 3. The molecule has 1 amide bonds. The second-order valence-electron chi connectivity index (χ2n) is 6.53. The van der Waals surface area contributed by atoms with Crippen LogP contribution in [0, 0.1) is 5.82 Å². The number of halogens is 1. The lowest BCUT2D eigenvalue weighted by Gasteiger charge is -2.33. The van der Waals surface area contributed by atoms with Gasteiger partial charge in [0.1, 0.15) is 17.5 Å².